The molecule has 0 saturated heterocycles. The molecular formula is C11H16O3S. The van der Waals surface area contributed by atoms with E-state index in [4.69, 9.17) is 13.5 Å². The van der Waals surface area contributed by atoms with Crippen molar-refractivity contribution in [1.82, 2.24) is 0 Å². The summed E-state index contributed by atoms with van der Waals surface area (Å²) in [6.45, 7) is 4.41. The smallest absolute Gasteiger partial charge is 0.335 e. The van der Waals surface area contributed by atoms with Crippen LogP contribution < -0.4 is 0 Å². The molecule has 0 aromatic heterocycles. The van der Waals surface area contributed by atoms with E-state index < -0.39 is 11.6 Å². The second-order valence-corrected chi connectivity index (χ2v) is 3.49. The monoisotopic (exact) mass is 228 g/mol. The third kappa shape index (κ3) is 6.01. The number of hydrogen-bond acceptors (Lipinski definition) is 3. The standard InChI is InChI=1S/C11H16O.O2S/c1-3-4-9(2)10-5-7-11(12)8-6-10;1-3-2/h5-9,12H,3-4H2,1-2H3;. The maximum absolute atomic E-state index is 9.07. The van der Waals surface area contributed by atoms with Crippen LogP contribution in [0.4, 0.5) is 0 Å². The lowest BCUT2D eigenvalue weighted by Gasteiger charge is -2.09. The van der Waals surface area contributed by atoms with Gasteiger partial charge in [0.2, 0.25) is 0 Å². The first-order chi connectivity index (χ1) is 7.15. The molecule has 0 saturated carbocycles. The Morgan fingerprint density at radius 1 is 1.27 bits per heavy atom. The van der Waals surface area contributed by atoms with Crippen LogP contribution in [0.5, 0.6) is 5.75 Å². The number of rotatable bonds is 3. The maximum Gasteiger partial charge on any atom is 0.335 e. The van der Waals surface area contributed by atoms with E-state index in [-0.39, 0.29) is 0 Å². The second-order valence-electron chi connectivity index (χ2n) is 3.35. The molecule has 0 aliphatic carbocycles. The number of phenols is 1. The first-order valence-corrected chi connectivity index (χ1v) is 5.53. The Kier molecular flexibility index (Phi) is 7.54. The van der Waals surface area contributed by atoms with Crippen molar-refractivity contribution in [1.29, 1.82) is 0 Å². The summed E-state index contributed by atoms with van der Waals surface area (Å²) in [5.41, 5.74) is 1.31. The number of benzene rings is 1. The van der Waals surface area contributed by atoms with Gasteiger partial charge >= 0.3 is 11.6 Å². The summed E-state index contributed by atoms with van der Waals surface area (Å²) in [5, 5.41) is 9.07. The predicted molar refractivity (Wildman–Crippen MR) is 60.3 cm³/mol. The highest BCUT2D eigenvalue weighted by Crippen LogP contribution is 2.21. The molecule has 0 heterocycles. The minimum atomic E-state index is -0.750. The number of phenolic OH excluding ortho intramolecular Hbond substituents is 1. The van der Waals surface area contributed by atoms with Crippen LogP contribution in [-0.4, -0.2) is 13.5 Å². The highest BCUT2D eigenvalue weighted by molar-refractivity contribution is 7.51. The molecule has 1 aromatic rings. The molecule has 0 amide bonds. The molecule has 1 N–H and O–H groups in total. The Bertz CT molecular complexity index is 302. The highest BCUT2D eigenvalue weighted by Gasteiger charge is 2.02. The molecule has 1 aromatic carbocycles. The molecule has 84 valence electrons. The molecule has 4 heteroatoms. The van der Waals surface area contributed by atoms with Crippen LogP contribution in [0, 0.1) is 0 Å². The van der Waals surface area contributed by atoms with E-state index in [1.165, 1.54) is 18.4 Å². The van der Waals surface area contributed by atoms with Gasteiger partial charge in [0.15, 0.2) is 0 Å². The van der Waals surface area contributed by atoms with Gasteiger partial charge in [-0.05, 0) is 30.0 Å². The summed E-state index contributed by atoms with van der Waals surface area (Å²) < 4.78 is 16.6. The van der Waals surface area contributed by atoms with Crippen molar-refractivity contribution in [2.75, 3.05) is 0 Å². The molecule has 0 fully saturated rings. The molecule has 0 bridgehead atoms. The first kappa shape index (κ1) is 13.8. The quantitative estimate of drug-likeness (QED) is 0.865. The minimum Gasteiger partial charge on any atom is -0.508 e. The Labute approximate surface area is 93.7 Å². The van der Waals surface area contributed by atoms with E-state index in [1.54, 1.807) is 12.1 Å². The zero-order valence-electron chi connectivity index (χ0n) is 8.97. The summed E-state index contributed by atoms with van der Waals surface area (Å²) in [6.07, 6.45) is 2.42. The summed E-state index contributed by atoms with van der Waals surface area (Å²) >= 11 is -0.750. The molecular weight excluding hydrogens is 212 g/mol. The van der Waals surface area contributed by atoms with Crippen LogP contribution in [0.3, 0.4) is 0 Å². The lowest BCUT2D eigenvalue weighted by Crippen LogP contribution is -1.91. The van der Waals surface area contributed by atoms with Gasteiger partial charge in [0.1, 0.15) is 5.75 Å². The zero-order valence-corrected chi connectivity index (χ0v) is 9.79. The summed E-state index contributed by atoms with van der Waals surface area (Å²) in [7, 11) is 0. The van der Waals surface area contributed by atoms with Crippen molar-refractivity contribution in [3.63, 3.8) is 0 Å². The zero-order chi connectivity index (χ0) is 11.7. The van der Waals surface area contributed by atoms with E-state index >= 15 is 0 Å². The predicted octanol–water partition coefficient (Wildman–Crippen LogP) is 2.63. The van der Waals surface area contributed by atoms with Gasteiger partial charge < -0.3 is 5.11 Å². The van der Waals surface area contributed by atoms with Crippen molar-refractivity contribution >= 4 is 11.6 Å². The van der Waals surface area contributed by atoms with Crippen molar-refractivity contribution in [2.24, 2.45) is 0 Å². The molecule has 15 heavy (non-hydrogen) atoms. The average molecular weight is 228 g/mol. The van der Waals surface area contributed by atoms with Crippen LogP contribution >= 0.6 is 0 Å². The maximum atomic E-state index is 9.07. The van der Waals surface area contributed by atoms with Gasteiger partial charge in [-0.1, -0.05) is 32.4 Å². The molecule has 1 unspecified atom stereocenters. The summed E-state index contributed by atoms with van der Waals surface area (Å²) in [5.74, 6) is 0.957. The van der Waals surface area contributed by atoms with Gasteiger partial charge in [-0.3, -0.25) is 0 Å². The van der Waals surface area contributed by atoms with Crippen LogP contribution in [0.2, 0.25) is 0 Å². The fourth-order valence-corrected chi connectivity index (χ4v) is 1.40. The largest absolute Gasteiger partial charge is 0.508 e. The summed E-state index contributed by atoms with van der Waals surface area (Å²) in [6, 6.07) is 7.49. The number of hydrogen-bond donors (Lipinski definition) is 1. The summed E-state index contributed by atoms with van der Waals surface area (Å²) in [4.78, 5) is 0. The van der Waals surface area contributed by atoms with Crippen LogP contribution in [-0.2, 0) is 11.6 Å². The topological polar surface area (TPSA) is 54.4 Å². The molecule has 1 atom stereocenters. The molecule has 3 nitrogen and oxygen atoms in total. The fourth-order valence-electron chi connectivity index (χ4n) is 1.40. The van der Waals surface area contributed by atoms with Crippen molar-refractivity contribution in [3.8, 4) is 5.75 Å². The molecule has 0 radical (unpaired) electrons. The van der Waals surface area contributed by atoms with Crippen LogP contribution in [0.25, 0.3) is 0 Å². The molecule has 1 rings (SSSR count). The van der Waals surface area contributed by atoms with Crippen molar-refractivity contribution in [2.45, 2.75) is 32.6 Å². The van der Waals surface area contributed by atoms with Crippen LogP contribution in [0.1, 0.15) is 38.2 Å². The van der Waals surface area contributed by atoms with Gasteiger partial charge in [-0.15, -0.1) is 0 Å². The van der Waals surface area contributed by atoms with Crippen LogP contribution in [0.15, 0.2) is 24.3 Å². The minimum absolute atomic E-state index is 0.349. The Balaban J connectivity index is 0.000000583. The van der Waals surface area contributed by atoms with Gasteiger partial charge in [0.05, 0.1) is 0 Å². The Hall–Kier alpha value is -1.16. The van der Waals surface area contributed by atoms with Crippen molar-refractivity contribution in [3.05, 3.63) is 29.8 Å². The highest BCUT2D eigenvalue weighted by atomic mass is 32.1. The normalized spacial score (nSPS) is 11.1. The Morgan fingerprint density at radius 2 is 1.73 bits per heavy atom. The SMILES string of the molecule is CCCC(C)c1ccc(O)cc1.O=S=O. The molecule has 0 aliphatic heterocycles. The van der Waals surface area contributed by atoms with Crippen molar-refractivity contribution < 1.29 is 13.5 Å². The molecule has 0 aliphatic rings. The van der Waals surface area contributed by atoms with Gasteiger partial charge in [0.25, 0.3) is 0 Å². The lowest BCUT2D eigenvalue weighted by atomic mass is 9.97. The average Bonchev–Trinajstić information content (AvgIpc) is 2.20. The van der Waals surface area contributed by atoms with Gasteiger partial charge in [0, 0.05) is 0 Å². The van der Waals surface area contributed by atoms with E-state index in [0.29, 0.717) is 11.7 Å². The number of aromatic hydroxyl groups is 1. The molecule has 0 spiro atoms. The van der Waals surface area contributed by atoms with Gasteiger partial charge in [-0.2, -0.15) is 8.42 Å². The first-order valence-electron chi connectivity index (χ1n) is 4.86. The van der Waals surface area contributed by atoms with Gasteiger partial charge in [-0.25, -0.2) is 0 Å². The van der Waals surface area contributed by atoms with E-state index in [2.05, 4.69) is 13.8 Å². The van der Waals surface area contributed by atoms with E-state index in [1.807, 2.05) is 12.1 Å². The fraction of sp³-hybridized carbons (Fsp3) is 0.455. The second kappa shape index (κ2) is 8.17. The van der Waals surface area contributed by atoms with E-state index in [0.717, 1.165) is 0 Å². The van der Waals surface area contributed by atoms with E-state index in [9.17, 15) is 0 Å². The third-order valence-corrected chi connectivity index (χ3v) is 2.18. The Morgan fingerprint density at radius 3 is 2.13 bits per heavy atom. The third-order valence-electron chi connectivity index (χ3n) is 2.18. The lowest BCUT2D eigenvalue weighted by molar-refractivity contribution is 0.474.